The molecule has 100 valence electrons. The Kier molecular flexibility index (Phi) is 4.55. The number of hydrogen-bond donors (Lipinski definition) is 1. The summed E-state index contributed by atoms with van der Waals surface area (Å²) < 4.78 is 31.6. The monoisotopic (exact) mass is 273 g/mol. The Hall–Kier alpha value is -1.76. The van der Waals surface area contributed by atoms with Crippen LogP contribution in [0.3, 0.4) is 0 Å². The Balaban J connectivity index is 2.73. The summed E-state index contributed by atoms with van der Waals surface area (Å²) >= 11 is 0. The quantitative estimate of drug-likeness (QED) is 0.619. The highest BCUT2D eigenvalue weighted by molar-refractivity contribution is 7.90. The standard InChI is InChI=1S/C11H15NO5S/c1-16-9-5-3-4-8(10(9)12)11(13)17-6-7-18(2,14)15/h3-5H,6-7,12H2,1-2H3. The lowest BCUT2D eigenvalue weighted by molar-refractivity contribution is 0.0530. The van der Waals surface area contributed by atoms with E-state index in [9.17, 15) is 13.2 Å². The molecule has 1 aromatic carbocycles. The maximum atomic E-state index is 11.7. The lowest BCUT2D eigenvalue weighted by atomic mass is 10.1. The van der Waals surface area contributed by atoms with Gasteiger partial charge in [0.2, 0.25) is 0 Å². The Labute approximate surface area is 106 Å². The molecule has 0 aliphatic rings. The molecule has 0 aromatic heterocycles. The van der Waals surface area contributed by atoms with Gasteiger partial charge >= 0.3 is 5.97 Å². The Morgan fingerprint density at radius 2 is 2.06 bits per heavy atom. The van der Waals surface area contributed by atoms with E-state index in [2.05, 4.69) is 0 Å². The predicted octanol–water partition coefficient (Wildman–Crippen LogP) is 0.479. The van der Waals surface area contributed by atoms with E-state index >= 15 is 0 Å². The van der Waals surface area contributed by atoms with Crippen molar-refractivity contribution >= 4 is 21.5 Å². The molecule has 0 amide bonds. The first-order valence-corrected chi connectivity index (χ1v) is 7.18. The van der Waals surface area contributed by atoms with Gasteiger partial charge in [0.25, 0.3) is 0 Å². The summed E-state index contributed by atoms with van der Waals surface area (Å²) in [6.45, 7) is -0.200. The van der Waals surface area contributed by atoms with Crippen molar-refractivity contribution < 1.29 is 22.7 Å². The van der Waals surface area contributed by atoms with E-state index in [1.165, 1.54) is 13.2 Å². The van der Waals surface area contributed by atoms with Crippen molar-refractivity contribution in [3.05, 3.63) is 23.8 Å². The van der Waals surface area contributed by atoms with Crippen LogP contribution in [0.15, 0.2) is 18.2 Å². The average molecular weight is 273 g/mol. The summed E-state index contributed by atoms with van der Waals surface area (Å²) in [4.78, 5) is 11.7. The molecule has 0 spiro atoms. The molecule has 0 fully saturated rings. The summed E-state index contributed by atoms with van der Waals surface area (Å²) in [5.74, 6) is -0.523. The number of rotatable bonds is 5. The number of nitrogens with two attached hydrogens (primary N) is 1. The molecule has 1 rings (SSSR count). The molecular formula is C11H15NO5S. The number of carbonyl (C=O) groups excluding carboxylic acids is 1. The molecule has 0 heterocycles. The largest absolute Gasteiger partial charge is 0.495 e. The molecule has 0 radical (unpaired) electrons. The minimum Gasteiger partial charge on any atom is -0.495 e. The van der Waals surface area contributed by atoms with Crippen molar-refractivity contribution in [1.29, 1.82) is 0 Å². The number of benzene rings is 1. The van der Waals surface area contributed by atoms with Crippen molar-refractivity contribution in [2.75, 3.05) is 31.5 Å². The number of hydrogen-bond acceptors (Lipinski definition) is 6. The molecule has 6 nitrogen and oxygen atoms in total. The third-order valence-corrected chi connectivity index (χ3v) is 3.10. The number of esters is 1. The highest BCUT2D eigenvalue weighted by Crippen LogP contribution is 2.25. The maximum Gasteiger partial charge on any atom is 0.340 e. The zero-order valence-corrected chi connectivity index (χ0v) is 11.0. The van der Waals surface area contributed by atoms with Crippen LogP contribution >= 0.6 is 0 Å². The molecule has 0 unspecified atom stereocenters. The zero-order valence-electron chi connectivity index (χ0n) is 10.2. The summed E-state index contributed by atoms with van der Waals surface area (Å²) in [6.07, 6.45) is 1.07. The molecule has 2 N–H and O–H groups in total. The number of sulfone groups is 1. The van der Waals surface area contributed by atoms with Gasteiger partial charge in [-0.15, -0.1) is 0 Å². The second kappa shape index (κ2) is 5.72. The van der Waals surface area contributed by atoms with Crippen molar-refractivity contribution in [3.63, 3.8) is 0 Å². The van der Waals surface area contributed by atoms with Crippen LogP contribution < -0.4 is 10.5 Å². The summed E-state index contributed by atoms with van der Waals surface area (Å²) in [6, 6.07) is 4.70. The van der Waals surface area contributed by atoms with E-state index in [1.807, 2.05) is 0 Å². The van der Waals surface area contributed by atoms with Gasteiger partial charge in [0.15, 0.2) is 9.84 Å². The van der Waals surface area contributed by atoms with E-state index in [0.717, 1.165) is 6.26 Å². The number of para-hydroxylation sites is 1. The highest BCUT2D eigenvalue weighted by atomic mass is 32.2. The molecule has 7 heteroatoms. The minimum atomic E-state index is -3.16. The van der Waals surface area contributed by atoms with Gasteiger partial charge in [-0.25, -0.2) is 13.2 Å². The second-order valence-corrected chi connectivity index (χ2v) is 5.95. The molecule has 0 saturated carbocycles. The van der Waals surface area contributed by atoms with Crippen LogP contribution in [-0.4, -0.2) is 40.1 Å². The van der Waals surface area contributed by atoms with Crippen LogP contribution in [-0.2, 0) is 14.6 Å². The molecule has 0 aliphatic heterocycles. The third kappa shape index (κ3) is 3.92. The van der Waals surface area contributed by atoms with Gasteiger partial charge in [0.05, 0.1) is 24.1 Å². The predicted molar refractivity (Wildman–Crippen MR) is 67.4 cm³/mol. The zero-order chi connectivity index (χ0) is 13.8. The number of anilines is 1. The Bertz CT molecular complexity index is 538. The van der Waals surface area contributed by atoms with Crippen molar-refractivity contribution in [2.24, 2.45) is 0 Å². The lowest BCUT2D eigenvalue weighted by Gasteiger charge is -2.09. The topological polar surface area (TPSA) is 95.7 Å². The van der Waals surface area contributed by atoms with Crippen molar-refractivity contribution in [3.8, 4) is 5.75 Å². The van der Waals surface area contributed by atoms with Gasteiger partial charge < -0.3 is 15.2 Å². The van der Waals surface area contributed by atoms with E-state index < -0.39 is 15.8 Å². The van der Waals surface area contributed by atoms with Crippen LogP contribution in [0.4, 0.5) is 5.69 Å². The third-order valence-electron chi connectivity index (χ3n) is 2.19. The molecule has 0 bridgehead atoms. The lowest BCUT2D eigenvalue weighted by Crippen LogP contribution is -2.15. The molecule has 0 atom stereocenters. The average Bonchev–Trinajstić information content (AvgIpc) is 2.27. The molecule has 0 aliphatic carbocycles. The summed E-state index contributed by atoms with van der Waals surface area (Å²) in [7, 11) is -1.72. The SMILES string of the molecule is COc1cccc(C(=O)OCCS(C)(=O)=O)c1N. The number of nitrogen functional groups attached to an aromatic ring is 1. The fraction of sp³-hybridized carbons (Fsp3) is 0.364. The Morgan fingerprint density at radius 1 is 1.39 bits per heavy atom. The number of ether oxygens (including phenoxy) is 2. The fourth-order valence-corrected chi connectivity index (χ4v) is 1.65. The van der Waals surface area contributed by atoms with Gasteiger partial charge in [-0.2, -0.15) is 0 Å². The van der Waals surface area contributed by atoms with E-state index in [-0.39, 0.29) is 23.6 Å². The molecule has 0 saturated heterocycles. The summed E-state index contributed by atoms with van der Waals surface area (Å²) in [5.41, 5.74) is 6.03. The van der Waals surface area contributed by atoms with E-state index in [1.54, 1.807) is 12.1 Å². The summed E-state index contributed by atoms with van der Waals surface area (Å²) in [5, 5.41) is 0. The fourth-order valence-electron chi connectivity index (χ4n) is 1.26. The molecule has 1 aromatic rings. The van der Waals surface area contributed by atoms with Gasteiger partial charge in [-0.3, -0.25) is 0 Å². The van der Waals surface area contributed by atoms with Gasteiger partial charge in [-0.1, -0.05) is 6.07 Å². The van der Waals surface area contributed by atoms with Crippen LogP contribution in [0.2, 0.25) is 0 Å². The van der Waals surface area contributed by atoms with Crippen LogP contribution in [0.25, 0.3) is 0 Å². The van der Waals surface area contributed by atoms with Crippen LogP contribution in [0.1, 0.15) is 10.4 Å². The Morgan fingerprint density at radius 3 is 2.61 bits per heavy atom. The second-order valence-electron chi connectivity index (χ2n) is 3.69. The van der Waals surface area contributed by atoms with E-state index in [4.69, 9.17) is 15.2 Å². The highest BCUT2D eigenvalue weighted by Gasteiger charge is 2.15. The number of methoxy groups -OCH3 is 1. The van der Waals surface area contributed by atoms with Gasteiger partial charge in [0.1, 0.15) is 12.4 Å². The normalized spacial score (nSPS) is 11.0. The van der Waals surface area contributed by atoms with Gasteiger partial charge in [-0.05, 0) is 12.1 Å². The minimum absolute atomic E-state index is 0.155. The first-order chi connectivity index (χ1) is 8.35. The maximum absolute atomic E-state index is 11.7. The van der Waals surface area contributed by atoms with Crippen molar-refractivity contribution in [2.45, 2.75) is 0 Å². The first kappa shape index (κ1) is 14.3. The van der Waals surface area contributed by atoms with Gasteiger partial charge in [0, 0.05) is 6.26 Å². The first-order valence-electron chi connectivity index (χ1n) is 5.12. The van der Waals surface area contributed by atoms with Crippen LogP contribution in [0, 0.1) is 0 Å². The van der Waals surface area contributed by atoms with E-state index in [0.29, 0.717) is 5.75 Å². The smallest absolute Gasteiger partial charge is 0.340 e. The molecular weight excluding hydrogens is 258 g/mol. The van der Waals surface area contributed by atoms with Crippen LogP contribution in [0.5, 0.6) is 5.75 Å². The molecule has 18 heavy (non-hydrogen) atoms. The number of carbonyl (C=O) groups is 1. The van der Waals surface area contributed by atoms with Crippen molar-refractivity contribution in [1.82, 2.24) is 0 Å².